The Bertz CT molecular complexity index is 469. The summed E-state index contributed by atoms with van der Waals surface area (Å²) in [6.45, 7) is 0.753. The first-order chi connectivity index (χ1) is 7.59. The first-order valence-corrected chi connectivity index (χ1v) is 5.03. The van der Waals surface area contributed by atoms with E-state index in [4.69, 9.17) is 10.8 Å². The first kappa shape index (κ1) is 10.5. The average molecular weight is 220 g/mol. The number of fused-ring (bicyclic) bond motifs is 1. The molecule has 0 aromatic heterocycles. The summed E-state index contributed by atoms with van der Waals surface area (Å²) in [5.41, 5.74) is 6.99. The third-order valence-electron chi connectivity index (χ3n) is 2.66. The lowest BCUT2D eigenvalue weighted by Gasteiger charge is -2.20. The Morgan fingerprint density at radius 1 is 1.38 bits per heavy atom. The highest BCUT2D eigenvalue weighted by Crippen LogP contribution is 2.27. The molecule has 2 rings (SSSR count). The van der Waals surface area contributed by atoms with Gasteiger partial charge in [0, 0.05) is 12.1 Å². The minimum Gasteiger partial charge on any atom is -0.478 e. The van der Waals surface area contributed by atoms with Gasteiger partial charge in [0.25, 0.3) is 0 Å². The quantitative estimate of drug-likeness (QED) is 0.688. The van der Waals surface area contributed by atoms with E-state index in [1.807, 2.05) is 0 Å². The van der Waals surface area contributed by atoms with Crippen molar-refractivity contribution in [1.29, 1.82) is 0 Å². The average Bonchev–Trinajstić information content (AvgIpc) is 2.27. The van der Waals surface area contributed by atoms with Crippen molar-refractivity contribution in [2.75, 3.05) is 11.9 Å². The fourth-order valence-electron chi connectivity index (χ4n) is 1.91. The van der Waals surface area contributed by atoms with Crippen LogP contribution in [0.25, 0.3) is 0 Å². The van der Waals surface area contributed by atoms with Crippen LogP contribution in [0.1, 0.15) is 32.7 Å². The Hall–Kier alpha value is -2.04. The number of nitrogens with one attached hydrogen (secondary N) is 1. The summed E-state index contributed by atoms with van der Waals surface area (Å²) < 4.78 is 0. The van der Waals surface area contributed by atoms with Crippen LogP contribution in [0.15, 0.2) is 12.1 Å². The molecule has 0 spiro atoms. The number of benzene rings is 1. The molecule has 0 atom stereocenters. The second kappa shape index (κ2) is 3.84. The lowest BCUT2D eigenvalue weighted by molar-refractivity contribution is 0.0697. The maximum absolute atomic E-state index is 11.1. The number of hydrogen-bond acceptors (Lipinski definition) is 3. The Balaban J connectivity index is 2.61. The molecule has 84 valence electrons. The van der Waals surface area contributed by atoms with E-state index in [-0.39, 0.29) is 11.1 Å². The van der Waals surface area contributed by atoms with Crippen molar-refractivity contribution >= 4 is 17.6 Å². The third kappa shape index (κ3) is 1.71. The van der Waals surface area contributed by atoms with E-state index in [0.29, 0.717) is 5.69 Å². The smallest absolute Gasteiger partial charge is 0.337 e. The van der Waals surface area contributed by atoms with Crippen LogP contribution in [0.3, 0.4) is 0 Å². The SMILES string of the molecule is NC(=O)c1cc2c(c(C(=O)O)c1)NCCC2. The van der Waals surface area contributed by atoms with Gasteiger partial charge in [0.1, 0.15) is 0 Å². The number of nitrogens with two attached hydrogens (primary N) is 1. The number of aryl methyl sites for hydroxylation is 1. The number of carboxylic acid groups (broad SMARTS) is 1. The molecule has 0 saturated carbocycles. The molecule has 5 heteroatoms. The Morgan fingerprint density at radius 2 is 2.12 bits per heavy atom. The second-order valence-corrected chi connectivity index (χ2v) is 3.76. The van der Waals surface area contributed by atoms with Crippen molar-refractivity contribution in [3.05, 3.63) is 28.8 Å². The lowest BCUT2D eigenvalue weighted by atomic mass is 9.96. The largest absolute Gasteiger partial charge is 0.478 e. The molecule has 1 aliphatic heterocycles. The summed E-state index contributed by atoms with van der Waals surface area (Å²) in [6.07, 6.45) is 1.69. The zero-order valence-corrected chi connectivity index (χ0v) is 8.62. The molecule has 0 radical (unpaired) electrons. The highest BCUT2D eigenvalue weighted by atomic mass is 16.4. The van der Waals surface area contributed by atoms with Gasteiger partial charge in [-0.3, -0.25) is 4.79 Å². The minimum atomic E-state index is -1.05. The predicted octanol–water partition coefficient (Wildman–Crippen LogP) is 0.842. The minimum absolute atomic E-state index is 0.117. The topological polar surface area (TPSA) is 92.4 Å². The molecule has 0 bridgehead atoms. The number of anilines is 1. The van der Waals surface area contributed by atoms with E-state index in [0.717, 1.165) is 24.9 Å². The van der Waals surface area contributed by atoms with Crippen molar-refractivity contribution in [2.24, 2.45) is 5.73 Å². The highest BCUT2D eigenvalue weighted by molar-refractivity contribution is 6.01. The number of carbonyl (C=O) groups is 2. The number of rotatable bonds is 2. The maximum Gasteiger partial charge on any atom is 0.337 e. The summed E-state index contributed by atoms with van der Waals surface area (Å²) >= 11 is 0. The fourth-order valence-corrected chi connectivity index (χ4v) is 1.91. The summed E-state index contributed by atoms with van der Waals surface area (Å²) in [6, 6.07) is 2.98. The standard InChI is InChI=1S/C11H12N2O3/c12-10(14)7-4-6-2-1-3-13-9(6)8(5-7)11(15)16/h4-5,13H,1-3H2,(H2,12,14)(H,15,16). The predicted molar refractivity (Wildman–Crippen MR) is 58.7 cm³/mol. The van der Waals surface area contributed by atoms with Crippen LogP contribution in [0, 0.1) is 0 Å². The van der Waals surface area contributed by atoms with Crippen molar-refractivity contribution in [1.82, 2.24) is 0 Å². The summed E-state index contributed by atoms with van der Waals surface area (Å²) in [5.74, 6) is -1.65. The number of hydrogen-bond donors (Lipinski definition) is 3. The van der Waals surface area contributed by atoms with Crippen LogP contribution in [0.2, 0.25) is 0 Å². The van der Waals surface area contributed by atoms with Gasteiger partial charge in [-0.15, -0.1) is 0 Å². The molecule has 5 nitrogen and oxygen atoms in total. The second-order valence-electron chi connectivity index (χ2n) is 3.76. The van der Waals surface area contributed by atoms with Gasteiger partial charge in [-0.2, -0.15) is 0 Å². The van der Waals surface area contributed by atoms with Gasteiger partial charge in [-0.05, 0) is 30.5 Å². The van der Waals surface area contributed by atoms with Crippen LogP contribution in [0.5, 0.6) is 0 Å². The van der Waals surface area contributed by atoms with Gasteiger partial charge in [0.15, 0.2) is 0 Å². The van der Waals surface area contributed by atoms with Crippen LogP contribution in [0.4, 0.5) is 5.69 Å². The molecule has 0 unspecified atom stereocenters. The Labute approximate surface area is 92.3 Å². The van der Waals surface area contributed by atoms with E-state index in [1.54, 1.807) is 6.07 Å². The van der Waals surface area contributed by atoms with Crippen LogP contribution in [-0.2, 0) is 6.42 Å². The molecule has 0 saturated heterocycles. The Morgan fingerprint density at radius 3 is 2.75 bits per heavy atom. The Kier molecular flexibility index (Phi) is 2.52. The molecule has 1 heterocycles. The molecule has 1 aromatic rings. The number of aromatic carboxylic acids is 1. The van der Waals surface area contributed by atoms with E-state index in [1.165, 1.54) is 6.07 Å². The molecule has 1 amide bonds. The van der Waals surface area contributed by atoms with Crippen molar-refractivity contribution in [2.45, 2.75) is 12.8 Å². The van der Waals surface area contributed by atoms with E-state index in [9.17, 15) is 9.59 Å². The fraction of sp³-hybridized carbons (Fsp3) is 0.273. The highest BCUT2D eigenvalue weighted by Gasteiger charge is 2.19. The van der Waals surface area contributed by atoms with Gasteiger partial charge in [-0.25, -0.2) is 4.79 Å². The van der Waals surface area contributed by atoms with Gasteiger partial charge >= 0.3 is 5.97 Å². The number of amides is 1. The van der Waals surface area contributed by atoms with Crippen molar-refractivity contribution in [3.63, 3.8) is 0 Å². The first-order valence-electron chi connectivity index (χ1n) is 5.03. The molecule has 0 fully saturated rings. The van der Waals surface area contributed by atoms with Gasteiger partial charge in [-0.1, -0.05) is 0 Å². The van der Waals surface area contributed by atoms with Crippen molar-refractivity contribution in [3.8, 4) is 0 Å². The maximum atomic E-state index is 11.1. The van der Waals surface area contributed by atoms with E-state index < -0.39 is 11.9 Å². The molecular weight excluding hydrogens is 208 g/mol. The molecule has 1 aromatic carbocycles. The van der Waals surface area contributed by atoms with Gasteiger partial charge < -0.3 is 16.2 Å². The van der Waals surface area contributed by atoms with Gasteiger partial charge in [0.05, 0.1) is 11.3 Å². The van der Waals surface area contributed by atoms with Crippen molar-refractivity contribution < 1.29 is 14.7 Å². The molecule has 4 N–H and O–H groups in total. The van der Waals surface area contributed by atoms with Crippen LogP contribution >= 0.6 is 0 Å². The van der Waals surface area contributed by atoms with E-state index in [2.05, 4.69) is 5.32 Å². The van der Waals surface area contributed by atoms with E-state index >= 15 is 0 Å². The molecular formula is C11H12N2O3. The molecule has 16 heavy (non-hydrogen) atoms. The van der Waals surface area contributed by atoms with Crippen LogP contribution < -0.4 is 11.1 Å². The molecule has 0 aliphatic carbocycles. The van der Waals surface area contributed by atoms with Gasteiger partial charge in [0.2, 0.25) is 5.91 Å². The summed E-state index contributed by atoms with van der Waals surface area (Å²) in [7, 11) is 0. The zero-order chi connectivity index (χ0) is 11.7. The monoisotopic (exact) mass is 220 g/mol. The lowest BCUT2D eigenvalue weighted by Crippen LogP contribution is -2.19. The molecule has 1 aliphatic rings. The number of carbonyl (C=O) groups excluding carboxylic acids is 1. The normalized spacial score (nSPS) is 13.8. The summed E-state index contributed by atoms with van der Waals surface area (Å²) in [4.78, 5) is 22.1. The summed E-state index contributed by atoms with van der Waals surface area (Å²) in [5, 5.41) is 12.1. The van der Waals surface area contributed by atoms with Crippen LogP contribution in [-0.4, -0.2) is 23.5 Å². The number of carboxylic acids is 1. The number of primary amides is 1. The zero-order valence-electron chi connectivity index (χ0n) is 8.62. The third-order valence-corrected chi connectivity index (χ3v) is 2.66.